The van der Waals surface area contributed by atoms with Crippen molar-refractivity contribution in [3.63, 3.8) is 0 Å². The molecule has 0 fully saturated rings. The van der Waals surface area contributed by atoms with E-state index in [0.717, 1.165) is 0 Å². The summed E-state index contributed by atoms with van der Waals surface area (Å²) in [6, 6.07) is 5.03. The third kappa shape index (κ3) is 2.37. The molecule has 0 radical (unpaired) electrons. The van der Waals surface area contributed by atoms with Crippen LogP contribution in [0.5, 0.6) is 0 Å². The van der Waals surface area contributed by atoms with E-state index in [1.54, 1.807) is 17.4 Å². The highest BCUT2D eigenvalue weighted by molar-refractivity contribution is 7.08. The Morgan fingerprint density at radius 2 is 2.30 bits per heavy atom. The van der Waals surface area contributed by atoms with Crippen molar-refractivity contribution in [1.82, 2.24) is 4.98 Å². The molecule has 102 valence electrons. The van der Waals surface area contributed by atoms with Crippen LogP contribution in [0.2, 0.25) is 0 Å². The molecule has 3 rings (SSSR count). The average molecular weight is 288 g/mol. The van der Waals surface area contributed by atoms with Gasteiger partial charge in [-0.2, -0.15) is 16.3 Å². The van der Waals surface area contributed by atoms with Crippen LogP contribution in [0.4, 0.5) is 6.01 Å². The summed E-state index contributed by atoms with van der Waals surface area (Å²) in [6.07, 6.45) is 0. The number of aromatic nitrogens is 1. The summed E-state index contributed by atoms with van der Waals surface area (Å²) in [5.41, 5.74) is 3.72. The number of carboxylic acid groups (broad SMARTS) is 1. The molecule has 5 nitrogen and oxygen atoms in total. The molecule has 1 aromatic carbocycles. The van der Waals surface area contributed by atoms with Gasteiger partial charge in [-0.3, -0.25) is 0 Å². The van der Waals surface area contributed by atoms with Crippen molar-refractivity contribution in [2.75, 3.05) is 5.32 Å². The Labute approximate surface area is 118 Å². The van der Waals surface area contributed by atoms with Gasteiger partial charge in [0.25, 0.3) is 6.01 Å². The fourth-order valence-electron chi connectivity index (χ4n) is 1.87. The Kier molecular flexibility index (Phi) is 3.15. The SMILES string of the molecule is Cc1cscc1CNc1nc2ccc(C(=O)O)cc2o1. The predicted molar refractivity (Wildman–Crippen MR) is 77.4 cm³/mol. The van der Waals surface area contributed by atoms with Crippen molar-refractivity contribution >= 4 is 34.4 Å². The molecule has 0 aliphatic heterocycles. The van der Waals surface area contributed by atoms with Gasteiger partial charge in [-0.15, -0.1) is 0 Å². The average Bonchev–Trinajstić information content (AvgIpc) is 3.00. The largest absolute Gasteiger partial charge is 0.478 e. The van der Waals surface area contributed by atoms with Crippen molar-refractivity contribution in [2.45, 2.75) is 13.5 Å². The summed E-state index contributed by atoms with van der Waals surface area (Å²) in [7, 11) is 0. The highest BCUT2D eigenvalue weighted by Gasteiger charge is 2.10. The molecule has 0 spiro atoms. The number of carboxylic acids is 1. The standard InChI is InChI=1S/C14H12N2O3S/c1-8-6-20-7-10(8)5-15-14-16-11-3-2-9(13(17)18)4-12(11)19-14/h2-4,6-7H,5H2,1H3,(H,15,16)(H,17,18). The minimum atomic E-state index is -0.980. The molecule has 0 amide bonds. The fraction of sp³-hybridized carbons (Fsp3) is 0.143. The molecule has 0 atom stereocenters. The van der Waals surface area contributed by atoms with Crippen LogP contribution in [-0.2, 0) is 6.54 Å². The summed E-state index contributed by atoms with van der Waals surface area (Å²) >= 11 is 1.66. The second-order valence-corrected chi connectivity index (χ2v) is 5.18. The number of fused-ring (bicyclic) bond motifs is 1. The number of nitrogens with zero attached hydrogens (tertiary/aromatic N) is 1. The molecule has 0 saturated carbocycles. The quantitative estimate of drug-likeness (QED) is 0.768. The van der Waals surface area contributed by atoms with E-state index < -0.39 is 5.97 Å². The summed E-state index contributed by atoms with van der Waals surface area (Å²) in [5.74, 6) is -0.980. The van der Waals surface area contributed by atoms with Crippen LogP contribution < -0.4 is 5.32 Å². The first-order chi connectivity index (χ1) is 9.63. The van der Waals surface area contributed by atoms with Gasteiger partial charge >= 0.3 is 5.97 Å². The Bertz CT molecular complexity index is 776. The van der Waals surface area contributed by atoms with Crippen LogP contribution in [0.1, 0.15) is 21.5 Å². The minimum Gasteiger partial charge on any atom is -0.478 e. The second kappa shape index (κ2) is 4.97. The summed E-state index contributed by atoms with van der Waals surface area (Å²) in [6.45, 7) is 2.69. The molecule has 0 saturated heterocycles. The Hall–Kier alpha value is -2.34. The number of benzene rings is 1. The molecule has 20 heavy (non-hydrogen) atoms. The fourth-order valence-corrected chi connectivity index (χ4v) is 2.73. The maximum Gasteiger partial charge on any atom is 0.335 e. The maximum absolute atomic E-state index is 10.9. The molecule has 0 bridgehead atoms. The van der Waals surface area contributed by atoms with E-state index >= 15 is 0 Å². The third-order valence-electron chi connectivity index (χ3n) is 3.03. The van der Waals surface area contributed by atoms with Crippen molar-refractivity contribution in [3.05, 3.63) is 45.6 Å². The Balaban J connectivity index is 1.82. The van der Waals surface area contributed by atoms with E-state index in [0.29, 0.717) is 23.7 Å². The van der Waals surface area contributed by atoms with Gasteiger partial charge in [-0.05, 0) is 47.0 Å². The van der Waals surface area contributed by atoms with E-state index in [9.17, 15) is 4.79 Å². The lowest BCUT2D eigenvalue weighted by Gasteiger charge is -2.00. The highest BCUT2D eigenvalue weighted by Crippen LogP contribution is 2.21. The van der Waals surface area contributed by atoms with Crippen LogP contribution in [0.15, 0.2) is 33.4 Å². The number of carbonyl (C=O) groups is 1. The van der Waals surface area contributed by atoms with Crippen molar-refractivity contribution in [2.24, 2.45) is 0 Å². The van der Waals surface area contributed by atoms with E-state index in [-0.39, 0.29) is 5.56 Å². The topological polar surface area (TPSA) is 75.4 Å². The lowest BCUT2D eigenvalue weighted by atomic mass is 10.2. The molecule has 2 heterocycles. The van der Waals surface area contributed by atoms with Gasteiger partial charge in [0.15, 0.2) is 5.58 Å². The van der Waals surface area contributed by atoms with E-state index in [2.05, 4.69) is 28.0 Å². The number of thiophene rings is 1. The number of hydrogen-bond acceptors (Lipinski definition) is 5. The molecule has 0 aliphatic carbocycles. The van der Waals surface area contributed by atoms with Gasteiger partial charge in [0.2, 0.25) is 0 Å². The molecule has 2 aromatic heterocycles. The van der Waals surface area contributed by atoms with E-state index in [1.165, 1.54) is 23.3 Å². The zero-order chi connectivity index (χ0) is 14.1. The Morgan fingerprint density at radius 3 is 3.00 bits per heavy atom. The van der Waals surface area contributed by atoms with Crippen LogP contribution in [0, 0.1) is 6.92 Å². The number of aromatic carboxylic acids is 1. The van der Waals surface area contributed by atoms with E-state index in [4.69, 9.17) is 9.52 Å². The van der Waals surface area contributed by atoms with Gasteiger partial charge in [-0.1, -0.05) is 0 Å². The molecule has 2 N–H and O–H groups in total. The van der Waals surface area contributed by atoms with Gasteiger partial charge in [0.1, 0.15) is 5.52 Å². The highest BCUT2D eigenvalue weighted by atomic mass is 32.1. The third-order valence-corrected chi connectivity index (χ3v) is 3.94. The lowest BCUT2D eigenvalue weighted by Crippen LogP contribution is -1.99. The zero-order valence-electron chi connectivity index (χ0n) is 10.7. The lowest BCUT2D eigenvalue weighted by molar-refractivity contribution is 0.0697. The summed E-state index contributed by atoms with van der Waals surface area (Å²) in [5, 5.41) is 16.2. The van der Waals surface area contributed by atoms with Crippen LogP contribution in [0.25, 0.3) is 11.1 Å². The number of nitrogens with one attached hydrogen (secondary N) is 1. The molecule has 0 aliphatic rings. The smallest absolute Gasteiger partial charge is 0.335 e. The number of anilines is 1. The van der Waals surface area contributed by atoms with Crippen LogP contribution in [-0.4, -0.2) is 16.1 Å². The van der Waals surface area contributed by atoms with Gasteiger partial charge in [0.05, 0.1) is 5.56 Å². The van der Waals surface area contributed by atoms with E-state index in [1.807, 2.05) is 0 Å². The number of oxazole rings is 1. The normalized spacial score (nSPS) is 10.8. The second-order valence-electron chi connectivity index (χ2n) is 4.44. The first-order valence-electron chi connectivity index (χ1n) is 6.03. The number of hydrogen-bond donors (Lipinski definition) is 2. The van der Waals surface area contributed by atoms with Crippen LogP contribution in [0.3, 0.4) is 0 Å². The van der Waals surface area contributed by atoms with Crippen LogP contribution >= 0.6 is 11.3 Å². The zero-order valence-corrected chi connectivity index (χ0v) is 11.5. The van der Waals surface area contributed by atoms with Gasteiger partial charge in [0, 0.05) is 6.54 Å². The van der Waals surface area contributed by atoms with Gasteiger partial charge in [-0.25, -0.2) is 4.79 Å². The number of aryl methyl sites for hydroxylation is 1. The summed E-state index contributed by atoms with van der Waals surface area (Å²) in [4.78, 5) is 15.2. The molecule has 0 unspecified atom stereocenters. The molecular weight excluding hydrogens is 276 g/mol. The minimum absolute atomic E-state index is 0.189. The van der Waals surface area contributed by atoms with Gasteiger partial charge < -0.3 is 14.8 Å². The first kappa shape index (κ1) is 12.7. The molecule has 3 aromatic rings. The Morgan fingerprint density at radius 1 is 1.45 bits per heavy atom. The van der Waals surface area contributed by atoms with Crippen molar-refractivity contribution < 1.29 is 14.3 Å². The number of rotatable bonds is 4. The predicted octanol–water partition coefficient (Wildman–Crippen LogP) is 3.51. The molecular formula is C14H12N2O3S. The monoisotopic (exact) mass is 288 g/mol. The summed E-state index contributed by atoms with van der Waals surface area (Å²) < 4.78 is 5.51. The maximum atomic E-state index is 10.9. The van der Waals surface area contributed by atoms with Crippen molar-refractivity contribution in [1.29, 1.82) is 0 Å². The van der Waals surface area contributed by atoms with Crippen molar-refractivity contribution in [3.8, 4) is 0 Å². The molecule has 6 heteroatoms. The first-order valence-corrected chi connectivity index (χ1v) is 6.97.